The van der Waals surface area contributed by atoms with Crippen molar-refractivity contribution in [1.82, 2.24) is 0 Å². The molecule has 0 fully saturated rings. The zero-order chi connectivity index (χ0) is 13.9. The highest BCUT2D eigenvalue weighted by Gasteiger charge is 2.06. The van der Waals surface area contributed by atoms with Gasteiger partial charge in [-0.25, -0.2) is 4.79 Å². The highest BCUT2D eigenvalue weighted by Crippen LogP contribution is 2.13. The van der Waals surface area contributed by atoms with E-state index >= 15 is 0 Å². The van der Waals surface area contributed by atoms with E-state index in [-0.39, 0.29) is 12.6 Å². The van der Waals surface area contributed by atoms with Crippen LogP contribution in [-0.4, -0.2) is 30.9 Å². The molecule has 0 atom stereocenters. The van der Waals surface area contributed by atoms with Crippen LogP contribution in [0.25, 0.3) is 0 Å². The van der Waals surface area contributed by atoms with Gasteiger partial charge in [0.2, 0.25) is 0 Å². The van der Waals surface area contributed by atoms with Crippen LogP contribution in [0.2, 0.25) is 0 Å². The van der Waals surface area contributed by atoms with Gasteiger partial charge >= 0.3 is 5.97 Å². The Bertz CT molecular complexity index is 359. The van der Waals surface area contributed by atoms with Gasteiger partial charge in [-0.05, 0) is 43.5 Å². The number of unbranched alkanes of at least 4 members (excludes halogenated alkanes) is 2. The molecule has 0 aromatic heterocycles. The molecule has 0 unspecified atom stereocenters. The van der Waals surface area contributed by atoms with E-state index in [1.807, 2.05) is 0 Å². The Morgan fingerprint density at radius 3 is 2.47 bits per heavy atom. The van der Waals surface area contributed by atoms with Gasteiger partial charge in [0.25, 0.3) is 0 Å². The molecular formula is C15H22O4. The first kappa shape index (κ1) is 15.5. The number of hydrogen-bond donors (Lipinski definition) is 1. The van der Waals surface area contributed by atoms with Crippen LogP contribution in [0.15, 0.2) is 24.3 Å². The molecular weight excluding hydrogens is 244 g/mol. The lowest BCUT2D eigenvalue weighted by atomic mass is 10.2. The molecule has 0 amide bonds. The quantitative estimate of drug-likeness (QED) is 0.551. The first-order valence-electron chi connectivity index (χ1n) is 6.78. The summed E-state index contributed by atoms with van der Waals surface area (Å²) >= 11 is 0. The predicted octanol–water partition coefficient (Wildman–Crippen LogP) is 2.79. The van der Waals surface area contributed by atoms with Gasteiger partial charge in [0.1, 0.15) is 5.75 Å². The average molecular weight is 266 g/mol. The molecule has 0 saturated heterocycles. The van der Waals surface area contributed by atoms with Gasteiger partial charge in [-0.15, -0.1) is 0 Å². The van der Waals surface area contributed by atoms with Gasteiger partial charge in [0.15, 0.2) is 0 Å². The number of esters is 1. The molecule has 1 rings (SSSR count). The summed E-state index contributed by atoms with van der Waals surface area (Å²) in [7, 11) is 0. The zero-order valence-corrected chi connectivity index (χ0v) is 11.4. The largest absolute Gasteiger partial charge is 0.494 e. The molecule has 1 N–H and O–H groups in total. The summed E-state index contributed by atoms with van der Waals surface area (Å²) in [4.78, 5) is 11.7. The Balaban J connectivity index is 2.35. The number of aliphatic hydroxyl groups excluding tert-OH is 1. The molecule has 4 heteroatoms. The number of aliphatic hydroxyl groups is 1. The van der Waals surface area contributed by atoms with Crippen LogP contribution in [0.3, 0.4) is 0 Å². The Kier molecular flexibility index (Phi) is 7.66. The second kappa shape index (κ2) is 9.39. The number of carbonyl (C=O) groups is 1. The molecule has 0 heterocycles. The maximum Gasteiger partial charge on any atom is 0.338 e. The molecule has 106 valence electrons. The predicted molar refractivity (Wildman–Crippen MR) is 73.4 cm³/mol. The molecule has 0 aliphatic heterocycles. The highest BCUT2D eigenvalue weighted by molar-refractivity contribution is 5.89. The smallest absolute Gasteiger partial charge is 0.338 e. The van der Waals surface area contributed by atoms with Crippen LogP contribution in [0.5, 0.6) is 5.75 Å². The van der Waals surface area contributed by atoms with E-state index < -0.39 is 0 Å². The molecule has 1 aromatic rings. The summed E-state index contributed by atoms with van der Waals surface area (Å²) in [5.74, 6) is 0.434. The van der Waals surface area contributed by atoms with E-state index in [0.717, 1.165) is 18.6 Å². The third-order valence-corrected chi connectivity index (χ3v) is 2.64. The minimum Gasteiger partial charge on any atom is -0.494 e. The fourth-order valence-corrected chi connectivity index (χ4v) is 1.48. The van der Waals surface area contributed by atoms with E-state index in [2.05, 4.69) is 6.92 Å². The van der Waals surface area contributed by atoms with Crippen LogP contribution in [0.1, 0.15) is 43.0 Å². The van der Waals surface area contributed by atoms with Crippen LogP contribution < -0.4 is 4.74 Å². The van der Waals surface area contributed by atoms with Crippen molar-refractivity contribution in [3.05, 3.63) is 29.8 Å². The number of carbonyl (C=O) groups excluding carboxylic acids is 1. The van der Waals surface area contributed by atoms with Crippen LogP contribution in [-0.2, 0) is 4.74 Å². The summed E-state index contributed by atoms with van der Waals surface area (Å²) in [6.45, 7) is 3.27. The van der Waals surface area contributed by atoms with E-state index in [4.69, 9.17) is 14.6 Å². The normalized spacial score (nSPS) is 10.2. The lowest BCUT2D eigenvalue weighted by Gasteiger charge is -2.07. The number of hydrogen-bond acceptors (Lipinski definition) is 4. The molecule has 0 spiro atoms. The number of ether oxygens (including phenoxy) is 2. The minimum atomic E-state index is -0.335. The summed E-state index contributed by atoms with van der Waals surface area (Å²) in [5, 5.41) is 8.61. The first-order valence-corrected chi connectivity index (χ1v) is 6.78. The van der Waals surface area contributed by atoms with Crippen molar-refractivity contribution in [1.29, 1.82) is 0 Å². The number of benzene rings is 1. The van der Waals surface area contributed by atoms with Crippen molar-refractivity contribution in [2.75, 3.05) is 19.8 Å². The molecule has 0 aliphatic carbocycles. The highest BCUT2D eigenvalue weighted by atomic mass is 16.5. The van der Waals surface area contributed by atoms with Gasteiger partial charge in [0.05, 0.1) is 18.8 Å². The van der Waals surface area contributed by atoms with Gasteiger partial charge in [-0.1, -0.05) is 13.3 Å². The van der Waals surface area contributed by atoms with Crippen molar-refractivity contribution in [2.45, 2.75) is 32.6 Å². The summed E-state index contributed by atoms with van der Waals surface area (Å²) in [5.41, 5.74) is 0.520. The molecule has 0 bridgehead atoms. The van der Waals surface area contributed by atoms with E-state index in [1.165, 1.54) is 0 Å². The number of rotatable bonds is 9. The summed E-state index contributed by atoms with van der Waals surface area (Å²) < 4.78 is 10.6. The fraction of sp³-hybridized carbons (Fsp3) is 0.533. The third kappa shape index (κ3) is 6.25. The monoisotopic (exact) mass is 266 g/mol. The topological polar surface area (TPSA) is 55.8 Å². The molecule has 0 saturated carbocycles. The molecule has 0 radical (unpaired) electrons. The van der Waals surface area contributed by atoms with E-state index in [9.17, 15) is 4.79 Å². The average Bonchev–Trinajstić information content (AvgIpc) is 2.44. The van der Waals surface area contributed by atoms with Crippen molar-refractivity contribution < 1.29 is 19.4 Å². The minimum absolute atomic E-state index is 0.126. The second-order valence-electron chi connectivity index (χ2n) is 4.29. The zero-order valence-electron chi connectivity index (χ0n) is 11.4. The van der Waals surface area contributed by atoms with E-state index in [1.54, 1.807) is 24.3 Å². The Morgan fingerprint density at radius 2 is 1.84 bits per heavy atom. The van der Waals surface area contributed by atoms with Crippen molar-refractivity contribution >= 4 is 5.97 Å². The molecule has 19 heavy (non-hydrogen) atoms. The standard InChI is InChI=1S/C15H22O4/c1-2-3-11-18-14-8-6-13(7-9-14)15(17)19-12-5-4-10-16/h6-9,16H,2-5,10-12H2,1H3. The molecule has 4 nitrogen and oxygen atoms in total. The van der Waals surface area contributed by atoms with Crippen LogP contribution in [0, 0.1) is 0 Å². The lowest BCUT2D eigenvalue weighted by Crippen LogP contribution is -2.07. The Morgan fingerprint density at radius 1 is 1.11 bits per heavy atom. The van der Waals surface area contributed by atoms with Gasteiger partial charge in [0, 0.05) is 6.61 Å². The van der Waals surface area contributed by atoms with Crippen molar-refractivity contribution in [3.8, 4) is 5.75 Å². The molecule has 0 aliphatic rings. The van der Waals surface area contributed by atoms with Crippen LogP contribution >= 0.6 is 0 Å². The van der Waals surface area contributed by atoms with Crippen molar-refractivity contribution in [2.24, 2.45) is 0 Å². The van der Waals surface area contributed by atoms with Crippen LogP contribution in [0.4, 0.5) is 0 Å². The molecule has 1 aromatic carbocycles. The maximum absolute atomic E-state index is 11.7. The first-order chi connectivity index (χ1) is 9.27. The second-order valence-corrected chi connectivity index (χ2v) is 4.29. The van der Waals surface area contributed by atoms with Gasteiger partial charge < -0.3 is 14.6 Å². The summed E-state index contributed by atoms with van der Waals surface area (Å²) in [6, 6.07) is 6.96. The van der Waals surface area contributed by atoms with E-state index in [0.29, 0.717) is 31.6 Å². The van der Waals surface area contributed by atoms with Gasteiger partial charge in [-0.3, -0.25) is 0 Å². The maximum atomic E-state index is 11.7. The lowest BCUT2D eigenvalue weighted by molar-refractivity contribution is 0.0492. The SMILES string of the molecule is CCCCOc1ccc(C(=O)OCCCCO)cc1. The van der Waals surface area contributed by atoms with Crippen molar-refractivity contribution in [3.63, 3.8) is 0 Å². The van der Waals surface area contributed by atoms with Gasteiger partial charge in [-0.2, -0.15) is 0 Å². The fourth-order valence-electron chi connectivity index (χ4n) is 1.48. The Labute approximate surface area is 114 Å². The Hall–Kier alpha value is -1.55. The third-order valence-electron chi connectivity index (χ3n) is 2.64. The summed E-state index contributed by atoms with van der Waals surface area (Å²) in [6.07, 6.45) is 3.45.